The molecule has 0 amide bonds. The summed E-state index contributed by atoms with van der Waals surface area (Å²) in [6, 6.07) is 11.5. The fourth-order valence-electron chi connectivity index (χ4n) is 3.26. The molecule has 1 atom stereocenters. The highest BCUT2D eigenvalue weighted by atomic mass is 16.5. The highest BCUT2D eigenvalue weighted by Gasteiger charge is 2.24. The van der Waals surface area contributed by atoms with Crippen LogP contribution < -0.4 is 14.4 Å². The summed E-state index contributed by atoms with van der Waals surface area (Å²) in [4.78, 5) is 13.6. The SMILES string of the molecule is CCc1cc(OC[C@@H]2CN(C)c3ccccc3O2)cc(C)c1C(=O)O. The molecule has 1 aliphatic rings. The van der Waals surface area contributed by atoms with Crippen LogP contribution in [0.4, 0.5) is 5.69 Å². The minimum atomic E-state index is -0.894. The zero-order valence-corrected chi connectivity index (χ0v) is 14.8. The Balaban J connectivity index is 1.72. The maximum absolute atomic E-state index is 11.4. The number of benzene rings is 2. The predicted octanol–water partition coefficient (Wildman–Crippen LogP) is 3.53. The molecule has 1 aliphatic heterocycles. The fourth-order valence-corrected chi connectivity index (χ4v) is 3.26. The average Bonchev–Trinajstić information content (AvgIpc) is 2.59. The summed E-state index contributed by atoms with van der Waals surface area (Å²) in [6.07, 6.45) is 0.569. The van der Waals surface area contributed by atoms with Crippen molar-refractivity contribution in [2.75, 3.05) is 25.1 Å². The Morgan fingerprint density at radius 2 is 2.12 bits per heavy atom. The number of hydrogen-bond donors (Lipinski definition) is 1. The molecule has 3 rings (SSSR count). The zero-order valence-electron chi connectivity index (χ0n) is 14.8. The Kier molecular flexibility index (Phi) is 4.83. The molecule has 0 radical (unpaired) electrons. The van der Waals surface area contributed by atoms with Crippen LogP contribution in [0.1, 0.15) is 28.4 Å². The van der Waals surface area contributed by atoms with Crippen molar-refractivity contribution in [1.29, 1.82) is 0 Å². The molecule has 5 nitrogen and oxygen atoms in total. The Hall–Kier alpha value is -2.69. The number of nitrogens with zero attached hydrogens (tertiary/aromatic N) is 1. The fraction of sp³-hybridized carbons (Fsp3) is 0.350. The van der Waals surface area contributed by atoms with E-state index in [-0.39, 0.29) is 6.10 Å². The lowest BCUT2D eigenvalue weighted by molar-refractivity contribution is 0.0694. The molecule has 1 heterocycles. The first kappa shape index (κ1) is 17.1. The van der Waals surface area contributed by atoms with Gasteiger partial charge in [0.1, 0.15) is 24.2 Å². The van der Waals surface area contributed by atoms with Crippen LogP contribution in [0.15, 0.2) is 36.4 Å². The van der Waals surface area contributed by atoms with E-state index in [0.717, 1.165) is 23.5 Å². The third-order valence-electron chi connectivity index (χ3n) is 4.47. The topological polar surface area (TPSA) is 59.0 Å². The van der Waals surface area contributed by atoms with Crippen molar-refractivity contribution in [2.24, 2.45) is 0 Å². The number of fused-ring (bicyclic) bond motifs is 1. The second-order valence-electron chi connectivity index (χ2n) is 6.33. The summed E-state index contributed by atoms with van der Waals surface area (Å²) < 4.78 is 11.9. The summed E-state index contributed by atoms with van der Waals surface area (Å²) in [5.74, 6) is 0.649. The minimum absolute atomic E-state index is 0.0792. The summed E-state index contributed by atoms with van der Waals surface area (Å²) in [5, 5.41) is 9.36. The number of hydrogen-bond acceptors (Lipinski definition) is 4. The van der Waals surface area contributed by atoms with E-state index >= 15 is 0 Å². The minimum Gasteiger partial charge on any atom is -0.490 e. The molecular formula is C20H23NO4. The molecule has 0 unspecified atom stereocenters. The van der Waals surface area contributed by atoms with E-state index in [1.807, 2.05) is 44.3 Å². The number of ether oxygens (including phenoxy) is 2. The van der Waals surface area contributed by atoms with Crippen molar-refractivity contribution in [3.05, 3.63) is 53.1 Å². The van der Waals surface area contributed by atoms with E-state index in [1.54, 1.807) is 13.0 Å². The summed E-state index contributed by atoms with van der Waals surface area (Å²) in [7, 11) is 2.04. The molecule has 5 heteroatoms. The molecule has 0 aromatic heterocycles. The number of carboxylic acids is 1. The van der Waals surface area contributed by atoms with Crippen LogP contribution in [0.3, 0.4) is 0 Å². The van der Waals surface area contributed by atoms with Gasteiger partial charge in [-0.15, -0.1) is 0 Å². The molecule has 132 valence electrons. The van der Waals surface area contributed by atoms with Gasteiger partial charge >= 0.3 is 5.97 Å². The van der Waals surface area contributed by atoms with Gasteiger partial charge in [-0.05, 0) is 48.7 Å². The summed E-state index contributed by atoms with van der Waals surface area (Å²) in [5.41, 5.74) is 2.95. The van der Waals surface area contributed by atoms with Crippen molar-refractivity contribution in [2.45, 2.75) is 26.4 Å². The zero-order chi connectivity index (χ0) is 18.0. The monoisotopic (exact) mass is 341 g/mol. The van der Waals surface area contributed by atoms with Crippen LogP contribution in [0.2, 0.25) is 0 Å². The van der Waals surface area contributed by atoms with Gasteiger partial charge in [-0.1, -0.05) is 19.1 Å². The van der Waals surface area contributed by atoms with Crippen LogP contribution in [-0.2, 0) is 6.42 Å². The van der Waals surface area contributed by atoms with Gasteiger partial charge in [0.2, 0.25) is 0 Å². The van der Waals surface area contributed by atoms with E-state index in [1.165, 1.54) is 0 Å². The van der Waals surface area contributed by atoms with Gasteiger partial charge in [0.15, 0.2) is 0 Å². The second kappa shape index (κ2) is 7.05. The molecule has 0 saturated carbocycles. The van der Waals surface area contributed by atoms with Crippen molar-refractivity contribution in [3.8, 4) is 11.5 Å². The smallest absolute Gasteiger partial charge is 0.336 e. The number of carboxylic acid groups (broad SMARTS) is 1. The lowest BCUT2D eigenvalue weighted by Crippen LogP contribution is -2.41. The third-order valence-corrected chi connectivity index (χ3v) is 4.47. The van der Waals surface area contributed by atoms with Gasteiger partial charge in [-0.3, -0.25) is 0 Å². The quantitative estimate of drug-likeness (QED) is 0.901. The van der Waals surface area contributed by atoms with Crippen molar-refractivity contribution >= 4 is 11.7 Å². The van der Waals surface area contributed by atoms with Crippen molar-refractivity contribution in [1.82, 2.24) is 0 Å². The molecule has 0 fully saturated rings. The summed E-state index contributed by atoms with van der Waals surface area (Å²) in [6.45, 7) is 4.90. The molecule has 0 spiro atoms. The molecule has 0 aliphatic carbocycles. The Morgan fingerprint density at radius 3 is 2.84 bits per heavy atom. The number of anilines is 1. The molecule has 0 bridgehead atoms. The van der Waals surface area contributed by atoms with E-state index in [9.17, 15) is 9.90 Å². The first-order chi connectivity index (χ1) is 12.0. The average molecular weight is 341 g/mol. The molecule has 0 saturated heterocycles. The molecule has 1 N–H and O–H groups in total. The van der Waals surface area contributed by atoms with Gasteiger partial charge in [-0.2, -0.15) is 0 Å². The second-order valence-corrected chi connectivity index (χ2v) is 6.33. The number of aromatic carboxylic acids is 1. The number of rotatable bonds is 5. The number of carbonyl (C=O) groups is 1. The molecule has 25 heavy (non-hydrogen) atoms. The first-order valence-corrected chi connectivity index (χ1v) is 8.46. The molecule has 2 aromatic carbocycles. The van der Waals surface area contributed by atoms with E-state index in [0.29, 0.717) is 29.9 Å². The maximum Gasteiger partial charge on any atom is 0.336 e. The number of aryl methyl sites for hydroxylation is 2. The van der Waals surface area contributed by atoms with Gasteiger partial charge in [-0.25, -0.2) is 4.79 Å². The van der Waals surface area contributed by atoms with Crippen LogP contribution in [0.25, 0.3) is 0 Å². The third kappa shape index (κ3) is 3.55. The van der Waals surface area contributed by atoms with E-state index in [4.69, 9.17) is 9.47 Å². The predicted molar refractivity (Wildman–Crippen MR) is 97.1 cm³/mol. The van der Waals surface area contributed by atoms with Gasteiger partial charge in [0.05, 0.1) is 17.8 Å². The largest absolute Gasteiger partial charge is 0.490 e. The van der Waals surface area contributed by atoms with Crippen LogP contribution in [0.5, 0.6) is 11.5 Å². The van der Waals surface area contributed by atoms with Crippen LogP contribution in [-0.4, -0.2) is 37.4 Å². The standard InChI is InChI=1S/C20H23NO4/c1-4-14-10-15(9-13(2)19(14)20(22)23)24-12-16-11-21(3)17-7-5-6-8-18(17)25-16/h5-10,16H,4,11-12H2,1-3H3,(H,22,23)/t16-/m0/s1. The van der Waals surface area contributed by atoms with Gasteiger partial charge in [0, 0.05) is 7.05 Å². The molecule has 2 aromatic rings. The summed E-state index contributed by atoms with van der Waals surface area (Å²) >= 11 is 0. The number of para-hydroxylation sites is 2. The van der Waals surface area contributed by atoms with Crippen LogP contribution in [0, 0.1) is 6.92 Å². The van der Waals surface area contributed by atoms with Crippen molar-refractivity contribution < 1.29 is 19.4 Å². The van der Waals surface area contributed by atoms with E-state index < -0.39 is 5.97 Å². The van der Waals surface area contributed by atoms with Gasteiger partial charge < -0.3 is 19.5 Å². The Morgan fingerprint density at radius 1 is 1.36 bits per heavy atom. The lowest BCUT2D eigenvalue weighted by atomic mass is 9.99. The highest BCUT2D eigenvalue weighted by molar-refractivity contribution is 5.91. The lowest BCUT2D eigenvalue weighted by Gasteiger charge is -2.33. The van der Waals surface area contributed by atoms with Gasteiger partial charge in [0.25, 0.3) is 0 Å². The Bertz CT molecular complexity index is 787. The highest BCUT2D eigenvalue weighted by Crippen LogP contribution is 2.32. The van der Waals surface area contributed by atoms with Crippen LogP contribution >= 0.6 is 0 Å². The molecular weight excluding hydrogens is 318 g/mol. The Labute approximate surface area is 147 Å². The van der Waals surface area contributed by atoms with E-state index in [2.05, 4.69) is 4.90 Å². The normalized spacial score (nSPS) is 16.1. The maximum atomic E-state index is 11.4. The first-order valence-electron chi connectivity index (χ1n) is 8.46. The number of likely N-dealkylation sites (N-methyl/N-ethyl adjacent to an activating group) is 1. The van der Waals surface area contributed by atoms with Crippen molar-refractivity contribution in [3.63, 3.8) is 0 Å².